The molecule has 0 amide bonds. The maximum atomic E-state index is 12.0. The fourth-order valence-electron chi connectivity index (χ4n) is 2.99. The van der Waals surface area contributed by atoms with Crippen LogP contribution >= 0.6 is 11.3 Å². The number of hydrogen-bond acceptors (Lipinski definition) is 6. The van der Waals surface area contributed by atoms with Gasteiger partial charge in [0.05, 0.1) is 30.5 Å². The number of nitrogens with zero attached hydrogens (tertiary/aromatic N) is 2. The number of hydrogen-bond donors (Lipinski definition) is 3. The lowest BCUT2D eigenvalue weighted by Crippen LogP contribution is -2.40. The van der Waals surface area contributed by atoms with Crippen LogP contribution in [-0.2, 0) is 4.74 Å². The van der Waals surface area contributed by atoms with Crippen LogP contribution in [0.3, 0.4) is 0 Å². The van der Waals surface area contributed by atoms with Crippen LogP contribution in [0.5, 0.6) is 0 Å². The minimum atomic E-state index is -0.680. The predicted octanol–water partition coefficient (Wildman–Crippen LogP) is 2.55. The van der Waals surface area contributed by atoms with E-state index in [4.69, 9.17) is 4.74 Å². The number of esters is 1. The van der Waals surface area contributed by atoms with Crippen LogP contribution < -0.4 is 10.6 Å². The summed E-state index contributed by atoms with van der Waals surface area (Å²) in [6, 6.07) is -0.113. The van der Waals surface area contributed by atoms with Gasteiger partial charge in [0.2, 0.25) is 0 Å². The summed E-state index contributed by atoms with van der Waals surface area (Å²) in [6.45, 7) is 9.04. The number of nitrogens with one attached hydrogen (secondary N) is 2. The van der Waals surface area contributed by atoms with Crippen molar-refractivity contribution in [3.05, 3.63) is 15.6 Å². The highest BCUT2D eigenvalue weighted by Crippen LogP contribution is 2.29. The van der Waals surface area contributed by atoms with E-state index in [0.29, 0.717) is 29.7 Å². The van der Waals surface area contributed by atoms with Crippen LogP contribution in [0, 0.1) is 6.92 Å². The summed E-state index contributed by atoms with van der Waals surface area (Å²) in [5.74, 6) is 0.316. The first-order chi connectivity index (χ1) is 12.4. The molecule has 26 heavy (non-hydrogen) atoms. The number of aliphatic imine (C=N–C) groups is 1. The number of aromatic nitrogens is 1. The molecule has 0 spiro atoms. The molecule has 1 atom stereocenters. The van der Waals surface area contributed by atoms with Crippen molar-refractivity contribution in [2.24, 2.45) is 4.99 Å². The molecule has 8 heteroatoms. The Bertz CT molecular complexity index is 638. The molecule has 2 rings (SSSR count). The number of rotatable bonds is 7. The maximum Gasteiger partial charge on any atom is 0.350 e. The Kier molecular flexibility index (Phi) is 7.40. The van der Waals surface area contributed by atoms with Gasteiger partial charge < -0.3 is 20.5 Å². The van der Waals surface area contributed by atoms with Crippen molar-refractivity contribution in [1.82, 2.24) is 15.6 Å². The molecule has 0 aromatic carbocycles. The number of carbonyl (C=O) groups excluding carboxylic acids is 1. The minimum absolute atomic E-state index is 0.113. The average molecular weight is 383 g/mol. The summed E-state index contributed by atoms with van der Waals surface area (Å²) in [5, 5.41) is 17.8. The molecule has 1 fully saturated rings. The van der Waals surface area contributed by atoms with Gasteiger partial charge in [0, 0.05) is 6.54 Å². The van der Waals surface area contributed by atoms with Crippen LogP contribution in [0.2, 0.25) is 0 Å². The molecule has 1 unspecified atom stereocenters. The van der Waals surface area contributed by atoms with Gasteiger partial charge in [0.25, 0.3) is 0 Å². The van der Waals surface area contributed by atoms with Crippen molar-refractivity contribution >= 4 is 23.3 Å². The van der Waals surface area contributed by atoms with E-state index in [1.165, 1.54) is 11.3 Å². The van der Waals surface area contributed by atoms with E-state index in [2.05, 4.69) is 20.6 Å². The largest absolute Gasteiger partial charge is 0.462 e. The number of guanidine groups is 1. The average Bonchev–Trinajstić information content (AvgIpc) is 3.20. The van der Waals surface area contributed by atoms with Crippen molar-refractivity contribution in [3.8, 4) is 0 Å². The summed E-state index contributed by atoms with van der Waals surface area (Å²) in [5.41, 5.74) is -0.000206. The summed E-state index contributed by atoms with van der Waals surface area (Å²) >= 11 is 1.34. The minimum Gasteiger partial charge on any atom is -0.462 e. The van der Waals surface area contributed by atoms with Gasteiger partial charge in [-0.1, -0.05) is 12.8 Å². The van der Waals surface area contributed by atoms with Crippen molar-refractivity contribution in [2.45, 2.75) is 65.0 Å². The monoisotopic (exact) mass is 382 g/mol. The molecule has 1 aliphatic rings. The van der Waals surface area contributed by atoms with E-state index < -0.39 is 5.60 Å². The van der Waals surface area contributed by atoms with Gasteiger partial charge in [0.15, 0.2) is 5.96 Å². The van der Waals surface area contributed by atoms with E-state index in [1.807, 2.05) is 20.8 Å². The van der Waals surface area contributed by atoms with Gasteiger partial charge in [-0.25, -0.2) is 9.78 Å². The van der Waals surface area contributed by atoms with Crippen LogP contribution in [0.15, 0.2) is 4.99 Å². The second-order valence-electron chi connectivity index (χ2n) is 6.68. The second-order valence-corrected chi connectivity index (χ2v) is 7.71. The van der Waals surface area contributed by atoms with Gasteiger partial charge >= 0.3 is 5.97 Å². The van der Waals surface area contributed by atoms with Gasteiger partial charge in [-0.3, -0.25) is 4.99 Å². The molecule has 1 aromatic heterocycles. The Morgan fingerprint density at radius 3 is 2.73 bits per heavy atom. The maximum absolute atomic E-state index is 12.0. The first kappa shape index (κ1) is 20.6. The summed E-state index contributed by atoms with van der Waals surface area (Å²) in [6.07, 6.45) is 3.73. The zero-order valence-corrected chi connectivity index (χ0v) is 16.9. The first-order valence-electron chi connectivity index (χ1n) is 9.30. The van der Waals surface area contributed by atoms with E-state index in [-0.39, 0.29) is 12.0 Å². The number of aryl methyl sites for hydroxylation is 1. The summed E-state index contributed by atoms with van der Waals surface area (Å²) < 4.78 is 5.08. The SMILES string of the molecule is CCNC(=NCC1(O)CCCC1)NC(C)c1nc(C)c(C(=O)OCC)s1. The van der Waals surface area contributed by atoms with E-state index >= 15 is 0 Å². The lowest BCUT2D eigenvalue weighted by atomic mass is 10.0. The zero-order chi connectivity index (χ0) is 19.2. The molecule has 1 aliphatic carbocycles. The fraction of sp³-hybridized carbons (Fsp3) is 0.722. The molecule has 0 radical (unpaired) electrons. The number of ether oxygens (including phenoxy) is 1. The Morgan fingerprint density at radius 2 is 2.12 bits per heavy atom. The van der Waals surface area contributed by atoms with E-state index in [1.54, 1.807) is 6.92 Å². The molecule has 0 saturated heterocycles. The van der Waals surface area contributed by atoms with Crippen molar-refractivity contribution in [2.75, 3.05) is 19.7 Å². The molecule has 1 aromatic rings. The Morgan fingerprint density at radius 1 is 1.42 bits per heavy atom. The number of carbonyl (C=O) groups is 1. The molecular formula is C18H30N4O3S. The normalized spacial score (nSPS) is 17.8. The highest BCUT2D eigenvalue weighted by atomic mass is 32.1. The standard InChI is InChI=1S/C18H30N4O3S/c1-5-19-17(20-11-18(24)9-7-8-10-18)22-13(4)15-21-12(3)14(26-15)16(23)25-6-2/h13,24H,5-11H2,1-4H3,(H2,19,20,22). The van der Waals surface area contributed by atoms with Crippen LogP contribution in [0.4, 0.5) is 0 Å². The van der Waals surface area contributed by atoms with Crippen LogP contribution in [0.25, 0.3) is 0 Å². The Hall–Kier alpha value is -1.67. The van der Waals surface area contributed by atoms with E-state index in [9.17, 15) is 9.90 Å². The molecule has 146 valence electrons. The molecule has 0 aliphatic heterocycles. The Balaban J connectivity index is 2.06. The van der Waals surface area contributed by atoms with Gasteiger partial charge in [-0.05, 0) is 40.5 Å². The second kappa shape index (κ2) is 9.32. The van der Waals surface area contributed by atoms with Gasteiger partial charge in [0.1, 0.15) is 9.88 Å². The third kappa shape index (κ3) is 5.41. The number of thiazole rings is 1. The number of aliphatic hydroxyl groups is 1. The lowest BCUT2D eigenvalue weighted by molar-refractivity contribution is 0.0530. The summed E-state index contributed by atoms with van der Waals surface area (Å²) in [7, 11) is 0. The van der Waals surface area contributed by atoms with E-state index in [0.717, 1.165) is 37.2 Å². The van der Waals surface area contributed by atoms with Crippen molar-refractivity contribution in [3.63, 3.8) is 0 Å². The van der Waals surface area contributed by atoms with Crippen LogP contribution in [-0.4, -0.2) is 47.3 Å². The molecular weight excluding hydrogens is 352 g/mol. The molecule has 3 N–H and O–H groups in total. The smallest absolute Gasteiger partial charge is 0.350 e. The lowest BCUT2D eigenvalue weighted by Gasteiger charge is -2.21. The molecule has 1 heterocycles. The molecule has 7 nitrogen and oxygen atoms in total. The zero-order valence-electron chi connectivity index (χ0n) is 16.1. The highest BCUT2D eigenvalue weighted by Gasteiger charge is 2.31. The highest BCUT2D eigenvalue weighted by molar-refractivity contribution is 7.13. The van der Waals surface area contributed by atoms with Crippen molar-refractivity contribution < 1.29 is 14.6 Å². The molecule has 1 saturated carbocycles. The van der Waals surface area contributed by atoms with Crippen LogP contribution in [0.1, 0.15) is 72.9 Å². The third-order valence-electron chi connectivity index (χ3n) is 4.41. The van der Waals surface area contributed by atoms with Crippen molar-refractivity contribution in [1.29, 1.82) is 0 Å². The Labute approximate surface area is 159 Å². The van der Waals surface area contributed by atoms with Gasteiger partial charge in [-0.15, -0.1) is 11.3 Å². The van der Waals surface area contributed by atoms with Gasteiger partial charge in [-0.2, -0.15) is 0 Å². The topological polar surface area (TPSA) is 95.8 Å². The summed E-state index contributed by atoms with van der Waals surface area (Å²) in [4.78, 5) is 21.6. The first-order valence-corrected chi connectivity index (χ1v) is 10.1. The third-order valence-corrected chi connectivity index (χ3v) is 5.73. The molecule has 0 bridgehead atoms. The fourth-order valence-corrected chi connectivity index (χ4v) is 3.96. The quantitative estimate of drug-likeness (QED) is 0.381. The predicted molar refractivity (Wildman–Crippen MR) is 104 cm³/mol.